The number of likely N-dealkylation sites (tertiary alicyclic amines) is 1. The minimum atomic E-state index is -2.68. The monoisotopic (exact) mass is 362 g/mol. The van der Waals surface area contributed by atoms with E-state index in [4.69, 9.17) is 0 Å². The van der Waals surface area contributed by atoms with E-state index >= 15 is 0 Å². The van der Waals surface area contributed by atoms with E-state index < -0.39 is 12.3 Å². The summed E-state index contributed by atoms with van der Waals surface area (Å²) in [7, 11) is 0. The molecule has 9 heteroatoms. The first-order chi connectivity index (χ1) is 12.4. The number of rotatable bonds is 4. The molecule has 1 fully saturated rings. The third kappa shape index (κ3) is 3.93. The summed E-state index contributed by atoms with van der Waals surface area (Å²) in [4.78, 5) is 33.8. The number of aromatic nitrogens is 2. The Bertz CT molecular complexity index is 814. The Morgan fingerprint density at radius 1 is 1.23 bits per heavy atom. The predicted molar refractivity (Wildman–Crippen MR) is 86.9 cm³/mol. The number of hydrogen-bond donors (Lipinski definition) is 2. The first-order valence-corrected chi connectivity index (χ1v) is 7.93. The number of carbonyl (C=O) groups is 2. The standard InChI is InChI=1S/C17H16F2N4O3/c18-15(19)10-3-5-20-14(7-10)16(25)22-11-4-6-23(9-11)17(26)13-2-1-12(24)8-21-13/h1-3,5,7-8,11,15,24H,4,6,9H2,(H,22,25)/t11-/m0/s1. The van der Waals surface area contributed by atoms with Gasteiger partial charge in [-0.15, -0.1) is 0 Å². The van der Waals surface area contributed by atoms with Gasteiger partial charge in [-0.3, -0.25) is 14.6 Å². The molecular formula is C17H16F2N4O3. The zero-order valence-corrected chi connectivity index (χ0v) is 13.6. The molecular weight excluding hydrogens is 346 g/mol. The normalized spacial score (nSPS) is 16.7. The van der Waals surface area contributed by atoms with Crippen LogP contribution in [0.5, 0.6) is 5.75 Å². The maximum atomic E-state index is 12.7. The molecule has 2 aromatic heterocycles. The number of carbonyl (C=O) groups excluding carboxylic acids is 2. The van der Waals surface area contributed by atoms with E-state index in [1.54, 1.807) is 0 Å². The zero-order chi connectivity index (χ0) is 18.7. The van der Waals surface area contributed by atoms with Crippen molar-refractivity contribution in [3.8, 4) is 5.75 Å². The summed E-state index contributed by atoms with van der Waals surface area (Å²) in [6.45, 7) is 0.707. The molecule has 1 atom stereocenters. The van der Waals surface area contributed by atoms with Crippen LogP contribution in [-0.4, -0.2) is 50.9 Å². The maximum absolute atomic E-state index is 12.7. The molecule has 136 valence electrons. The summed E-state index contributed by atoms with van der Waals surface area (Å²) >= 11 is 0. The average molecular weight is 362 g/mol. The molecule has 1 aliphatic rings. The van der Waals surface area contributed by atoms with E-state index in [9.17, 15) is 23.5 Å². The molecule has 0 radical (unpaired) electrons. The van der Waals surface area contributed by atoms with Crippen molar-refractivity contribution in [3.63, 3.8) is 0 Å². The lowest BCUT2D eigenvalue weighted by Crippen LogP contribution is -2.39. The molecule has 0 aliphatic carbocycles. The summed E-state index contributed by atoms with van der Waals surface area (Å²) in [6, 6.07) is 4.70. The van der Waals surface area contributed by atoms with Gasteiger partial charge in [0, 0.05) is 30.9 Å². The van der Waals surface area contributed by atoms with E-state index in [2.05, 4.69) is 15.3 Å². The van der Waals surface area contributed by atoms with Crippen molar-refractivity contribution < 1.29 is 23.5 Å². The summed E-state index contributed by atoms with van der Waals surface area (Å²) in [6.07, 6.45) is 0.202. The van der Waals surface area contributed by atoms with Crippen LogP contribution in [0.25, 0.3) is 0 Å². The van der Waals surface area contributed by atoms with Crippen molar-refractivity contribution in [3.05, 3.63) is 53.6 Å². The van der Waals surface area contributed by atoms with Crippen molar-refractivity contribution in [2.24, 2.45) is 0 Å². The fourth-order valence-corrected chi connectivity index (χ4v) is 2.70. The van der Waals surface area contributed by atoms with Crippen LogP contribution in [0.3, 0.4) is 0 Å². The minimum Gasteiger partial charge on any atom is -0.506 e. The quantitative estimate of drug-likeness (QED) is 0.864. The van der Waals surface area contributed by atoms with Crippen molar-refractivity contribution in [2.45, 2.75) is 18.9 Å². The summed E-state index contributed by atoms with van der Waals surface area (Å²) < 4.78 is 25.4. The number of alkyl halides is 2. The lowest BCUT2D eigenvalue weighted by atomic mass is 10.2. The Kier molecular flexibility index (Phi) is 5.06. The molecule has 1 saturated heterocycles. The van der Waals surface area contributed by atoms with Crippen molar-refractivity contribution in [2.75, 3.05) is 13.1 Å². The molecule has 3 rings (SSSR count). The number of halogens is 2. The SMILES string of the molecule is O=C(N[C@H]1CCN(C(=O)c2ccc(O)cn2)C1)c1cc(C(F)F)ccn1. The first-order valence-electron chi connectivity index (χ1n) is 7.93. The Morgan fingerprint density at radius 2 is 2.04 bits per heavy atom. The molecule has 0 bridgehead atoms. The highest BCUT2D eigenvalue weighted by atomic mass is 19.3. The van der Waals surface area contributed by atoms with E-state index in [1.165, 1.54) is 23.2 Å². The van der Waals surface area contributed by atoms with Gasteiger partial charge in [0.1, 0.15) is 17.1 Å². The highest BCUT2D eigenvalue weighted by Gasteiger charge is 2.29. The predicted octanol–water partition coefficient (Wildman–Crippen LogP) is 1.76. The Balaban J connectivity index is 1.60. The van der Waals surface area contributed by atoms with Gasteiger partial charge >= 0.3 is 0 Å². The first kappa shape index (κ1) is 17.7. The number of aromatic hydroxyl groups is 1. The Morgan fingerprint density at radius 3 is 2.73 bits per heavy atom. The second kappa shape index (κ2) is 7.42. The lowest BCUT2D eigenvalue weighted by Gasteiger charge is -2.16. The van der Waals surface area contributed by atoms with Gasteiger partial charge < -0.3 is 15.3 Å². The van der Waals surface area contributed by atoms with Gasteiger partial charge in [-0.2, -0.15) is 0 Å². The third-order valence-corrected chi connectivity index (χ3v) is 4.05. The molecule has 26 heavy (non-hydrogen) atoms. The molecule has 0 unspecified atom stereocenters. The van der Waals surface area contributed by atoms with E-state index in [0.717, 1.165) is 18.3 Å². The van der Waals surface area contributed by atoms with Crippen molar-refractivity contribution >= 4 is 11.8 Å². The molecule has 2 amide bonds. The van der Waals surface area contributed by atoms with Crippen LogP contribution in [0.4, 0.5) is 8.78 Å². The fourth-order valence-electron chi connectivity index (χ4n) is 2.70. The van der Waals surface area contributed by atoms with Crippen molar-refractivity contribution in [1.29, 1.82) is 0 Å². The van der Waals surface area contributed by atoms with Crippen LogP contribution in [0.15, 0.2) is 36.7 Å². The topological polar surface area (TPSA) is 95.4 Å². The molecule has 3 heterocycles. The third-order valence-electron chi connectivity index (χ3n) is 4.05. The number of amides is 2. The van der Waals surface area contributed by atoms with Gasteiger partial charge in [-0.25, -0.2) is 13.8 Å². The van der Waals surface area contributed by atoms with Crippen LogP contribution in [0.2, 0.25) is 0 Å². The maximum Gasteiger partial charge on any atom is 0.272 e. The lowest BCUT2D eigenvalue weighted by molar-refractivity contribution is 0.0777. The van der Waals surface area contributed by atoms with E-state index in [1.807, 2.05) is 0 Å². The zero-order valence-electron chi connectivity index (χ0n) is 13.6. The number of hydrogen-bond acceptors (Lipinski definition) is 5. The highest BCUT2D eigenvalue weighted by molar-refractivity contribution is 5.94. The van der Waals surface area contributed by atoms with E-state index in [-0.39, 0.29) is 41.2 Å². The van der Waals surface area contributed by atoms with Gasteiger partial charge in [0.2, 0.25) is 0 Å². The second-order valence-electron chi connectivity index (χ2n) is 5.89. The molecule has 2 aromatic rings. The van der Waals surface area contributed by atoms with Crippen LogP contribution >= 0.6 is 0 Å². The second-order valence-corrected chi connectivity index (χ2v) is 5.89. The van der Waals surface area contributed by atoms with Crippen LogP contribution < -0.4 is 5.32 Å². The van der Waals surface area contributed by atoms with Crippen LogP contribution in [-0.2, 0) is 0 Å². The van der Waals surface area contributed by atoms with Gasteiger partial charge in [0.25, 0.3) is 18.2 Å². The Hall–Kier alpha value is -3.10. The van der Waals surface area contributed by atoms with Gasteiger partial charge in [0.15, 0.2) is 0 Å². The van der Waals surface area contributed by atoms with E-state index in [0.29, 0.717) is 13.0 Å². The smallest absolute Gasteiger partial charge is 0.272 e. The minimum absolute atomic E-state index is 0.0355. The van der Waals surface area contributed by atoms with Gasteiger partial charge in [-0.1, -0.05) is 0 Å². The average Bonchev–Trinajstić information content (AvgIpc) is 3.10. The molecule has 0 saturated carbocycles. The van der Waals surface area contributed by atoms with Gasteiger partial charge in [0.05, 0.1) is 6.20 Å². The number of pyridine rings is 2. The van der Waals surface area contributed by atoms with Crippen LogP contribution in [0, 0.1) is 0 Å². The number of nitrogens with one attached hydrogen (secondary N) is 1. The molecule has 0 aromatic carbocycles. The molecule has 7 nitrogen and oxygen atoms in total. The Labute approximate surface area is 147 Å². The summed E-state index contributed by atoms with van der Waals surface area (Å²) in [5.74, 6) is -0.902. The van der Waals surface area contributed by atoms with Gasteiger partial charge in [-0.05, 0) is 30.7 Å². The largest absolute Gasteiger partial charge is 0.506 e. The summed E-state index contributed by atoms with van der Waals surface area (Å²) in [5, 5.41) is 11.9. The summed E-state index contributed by atoms with van der Waals surface area (Å²) in [5.41, 5.74) is -0.166. The highest BCUT2D eigenvalue weighted by Crippen LogP contribution is 2.19. The van der Waals surface area contributed by atoms with Crippen LogP contribution in [0.1, 0.15) is 39.4 Å². The van der Waals surface area contributed by atoms with Crippen molar-refractivity contribution in [1.82, 2.24) is 20.2 Å². The fraction of sp³-hybridized carbons (Fsp3) is 0.294. The molecule has 2 N–H and O–H groups in total. The molecule has 0 spiro atoms. The molecule has 1 aliphatic heterocycles. The number of nitrogens with zero attached hydrogens (tertiary/aromatic N) is 3.